The molecule has 2 heterocycles. The van der Waals surface area contributed by atoms with Gasteiger partial charge in [-0.05, 0) is 43.0 Å². The van der Waals surface area contributed by atoms with Crippen LogP contribution in [0.25, 0.3) is 0 Å². The standard InChI is InChI=1S/C26H30N4O3/c1-19-6-5-9-23(14-19)30-12-10-21(11-13-30)25(31)28-24(26(32)33)15-22-17-29(18-27-22)16-20-7-3-2-4-8-20/h2-9,14,17-18,21,24H,10-13,15-16H2,1H3,(H,28,31)(H,32,33). The van der Waals surface area contributed by atoms with Gasteiger partial charge in [0.25, 0.3) is 0 Å². The summed E-state index contributed by atoms with van der Waals surface area (Å²) in [5.74, 6) is -1.41. The third-order valence-electron chi connectivity index (χ3n) is 6.16. The second-order valence-corrected chi connectivity index (χ2v) is 8.73. The number of nitrogens with zero attached hydrogens (tertiary/aromatic N) is 3. The molecule has 1 amide bonds. The highest BCUT2D eigenvalue weighted by atomic mass is 16.4. The average Bonchev–Trinajstić information content (AvgIpc) is 3.26. The minimum Gasteiger partial charge on any atom is -0.480 e. The first-order chi connectivity index (χ1) is 16.0. The lowest BCUT2D eigenvalue weighted by Crippen LogP contribution is -2.47. The van der Waals surface area contributed by atoms with E-state index in [1.165, 1.54) is 11.3 Å². The number of amides is 1. The molecule has 0 radical (unpaired) electrons. The topological polar surface area (TPSA) is 87.5 Å². The predicted octanol–water partition coefficient (Wildman–Crippen LogP) is 3.27. The summed E-state index contributed by atoms with van der Waals surface area (Å²) in [6.45, 7) is 4.30. The van der Waals surface area contributed by atoms with Crippen molar-refractivity contribution in [2.24, 2.45) is 5.92 Å². The number of aryl methyl sites for hydroxylation is 1. The summed E-state index contributed by atoms with van der Waals surface area (Å²) in [7, 11) is 0. The zero-order valence-electron chi connectivity index (χ0n) is 18.9. The van der Waals surface area contributed by atoms with E-state index in [0.29, 0.717) is 25.1 Å². The van der Waals surface area contributed by atoms with Gasteiger partial charge in [0.05, 0.1) is 12.0 Å². The number of carbonyl (C=O) groups is 2. The molecule has 2 N–H and O–H groups in total. The number of anilines is 1. The lowest BCUT2D eigenvalue weighted by atomic mass is 9.94. The van der Waals surface area contributed by atoms with Gasteiger partial charge >= 0.3 is 5.97 Å². The highest BCUT2D eigenvalue weighted by Gasteiger charge is 2.29. The van der Waals surface area contributed by atoms with Crippen molar-refractivity contribution in [3.8, 4) is 0 Å². The van der Waals surface area contributed by atoms with Crippen molar-refractivity contribution in [2.75, 3.05) is 18.0 Å². The van der Waals surface area contributed by atoms with Crippen molar-refractivity contribution >= 4 is 17.6 Å². The van der Waals surface area contributed by atoms with Gasteiger partial charge in [-0.15, -0.1) is 0 Å². The molecule has 1 fully saturated rings. The van der Waals surface area contributed by atoms with Crippen molar-refractivity contribution < 1.29 is 14.7 Å². The van der Waals surface area contributed by atoms with Crippen LogP contribution in [0.2, 0.25) is 0 Å². The van der Waals surface area contributed by atoms with Crippen molar-refractivity contribution in [3.63, 3.8) is 0 Å². The van der Waals surface area contributed by atoms with Gasteiger partial charge < -0.3 is 19.9 Å². The van der Waals surface area contributed by atoms with Crippen LogP contribution < -0.4 is 10.2 Å². The number of carbonyl (C=O) groups excluding carboxylic acids is 1. The number of rotatable bonds is 8. The Labute approximate surface area is 194 Å². The maximum atomic E-state index is 12.8. The molecule has 3 aromatic rings. The van der Waals surface area contributed by atoms with Crippen molar-refractivity contribution in [1.82, 2.24) is 14.9 Å². The van der Waals surface area contributed by atoms with E-state index < -0.39 is 12.0 Å². The highest BCUT2D eigenvalue weighted by Crippen LogP contribution is 2.24. The van der Waals surface area contributed by atoms with Crippen LogP contribution in [-0.2, 0) is 22.6 Å². The number of nitrogens with one attached hydrogen (secondary N) is 1. The van der Waals surface area contributed by atoms with E-state index in [1.54, 1.807) is 6.33 Å². The second kappa shape index (κ2) is 10.3. The molecular weight excluding hydrogens is 416 g/mol. The number of piperidine rings is 1. The van der Waals surface area contributed by atoms with Gasteiger partial charge in [-0.1, -0.05) is 42.5 Å². The molecule has 1 unspecified atom stereocenters. The molecule has 0 saturated carbocycles. The molecule has 2 aromatic carbocycles. The van der Waals surface area contributed by atoms with Gasteiger partial charge in [-0.3, -0.25) is 4.79 Å². The van der Waals surface area contributed by atoms with Crippen molar-refractivity contribution in [1.29, 1.82) is 0 Å². The van der Waals surface area contributed by atoms with E-state index in [0.717, 1.165) is 18.7 Å². The quantitative estimate of drug-likeness (QED) is 0.555. The molecule has 4 rings (SSSR count). The number of hydrogen-bond donors (Lipinski definition) is 2. The van der Waals surface area contributed by atoms with Crippen molar-refractivity contribution in [3.05, 3.63) is 83.9 Å². The molecule has 33 heavy (non-hydrogen) atoms. The third-order valence-corrected chi connectivity index (χ3v) is 6.16. The maximum Gasteiger partial charge on any atom is 0.326 e. The minimum absolute atomic E-state index is 0.158. The second-order valence-electron chi connectivity index (χ2n) is 8.73. The van der Waals surface area contributed by atoms with Crippen LogP contribution >= 0.6 is 0 Å². The Balaban J connectivity index is 1.31. The summed E-state index contributed by atoms with van der Waals surface area (Å²) in [6.07, 6.45) is 5.11. The van der Waals surface area contributed by atoms with Crippen molar-refractivity contribution in [2.45, 2.75) is 38.8 Å². The summed E-state index contributed by atoms with van der Waals surface area (Å²) in [5.41, 5.74) is 4.17. The molecule has 0 bridgehead atoms. The van der Waals surface area contributed by atoms with Crippen LogP contribution in [0.5, 0.6) is 0 Å². The van der Waals surface area contributed by atoms with Gasteiger partial charge in [-0.2, -0.15) is 0 Å². The Bertz CT molecular complexity index is 1090. The number of aromatic nitrogens is 2. The summed E-state index contributed by atoms with van der Waals surface area (Å²) in [6, 6.07) is 17.4. The number of aliphatic carboxylic acids is 1. The molecular formula is C26H30N4O3. The summed E-state index contributed by atoms with van der Waals surface area (Å²) in [5, 5.41) is 12.4. The molecule has 7 heteroatoms. The number of hydrogen-bond acceptors (Lipinski definition) is 4. The Morgan fingerprint density at radius 3 is 2.58 bits per heavy atom. The smallest absolute Gasteiger partial charge is 0.326 e. The van der Waals surface area contributed by atoms with Crippen LogP contribution in [0.3, 0.4) is 0 Å². The fourth-order valence-corrected chi connectivity index (χ4v) is 4.32. The predicted molar refractivity (Wildman–Crippen MR) is 127 cm³/mol. The number of carboxylic acid groups (broad SMARTS) is 1. The first-order valence-corrected chi connectivity index (χ1v) is 11.4. The Morgan fingerprint density at radius 1 is 1.12 bits per heavy atom. The molecule has 7 nitrogen and oxygen atoms in total. The molecule has 1 aromatic heterocycles. The number of carboxylic acids is 1. The van der Waals surface area contributed by atoms with Gasteiger partial charge in [0.1, 0.15) is 6.04 Å². The Kier molecular flexibility index (Phi) is 7.07. The lowest BCUT2D eigenvalue weighted by molar-refractivity contribution is -0.142. The highest BCUT2D eigenvalue weighted by molar-refractivity contribution is 5.85. The van der Waals surface area contributed by atoms with Gasteiger partial charge in [0, 0.05) is 43.9 Å². The molecule has 1 aliphatic heterocycles. The molecule has 0 spiro atoms. The minimum atomic E-state index is -1.04. The van der Waals surface area contributed by atoms with E-state index in [2.05, 4.69) is 40.3 Å². The molecule has 0 aliphatic carbocycles. The average molecular weight is 447 g/mol. The SMILES string of the molecule is Cc1cccc(N2CCC(C(=O)NC(Cc3cn(Cc4ccccc4)cn3)C(=O)O)CC2)c1. The van der Waals surface area contributed by atoms with Gasteiger partial charge in [-0.25, -0.2) is 9.78 Å². The zero-order valence-corrected chi connectivity index (χ0v) is 18.9. The van der Waals surface area contributed by atoms with E-state index >= 15 is 0 Å². The Hall–Kier alpha value is -3.61. The van der Waals surface area contributed by atoms with Gasteiger partial charge in [0.2, 0.25) is 5.91 Å². The van der Waals surface area contributed by atoms with Crippen LogP contribution in [-0.4, -0.2) is 45.7 Å². The molecule has 1 saturated heterocycles. The normalized spacial score (nSPS) is 15.2. The Morgan fingerprint density at radius 2 is 1.88 bits per heavy atom. The maximum absolute atomic E-state index is 12.8. The van der Waals surface area contributed by atoms with Crippen LogP contribution in [0.4, 0.5) is 5.69 Å². The molecule has 1 aliphatic rings. The fraction of sp³-hybridized carbons (Fsp3) is 0.346. The molecule has 172 valence electrons. The van der Waals surface area contributed by atoms with Crippen LogP contribution in [0, 0.1) is 12.8 Å². The monoisotopic (exact) mass is 446 g/mol. The van der Waals surface area contributed by atoms with Gasteiger partial charge in [0.15, 0.2) is 0 Å². The van der Waals surface area contributed by atoms with Crippen LogP contribution in [0.1, 0.15) is 29.7 Å². The van der Waals surface area contributed by atoms with Crippen LogP contribution in [0.15, 0.2) is 67.1 Å². The fourth-order valence-electron chi connectivity index (χ4n) is 4.32. The number of imidazole rings is 1. The van der Waals surface area contributed by atoms with E-state index in [4.69, 9.17) is 0 Å². The van der Waals surface area contributed by atoms with E-state index in [1.807, 2.05) is 47.2 Å². The molecule has 1 atom stereocenters. The lowest BCUT2D eigenvalue weighted by Gasteiger charge is -2.33. The summed E-state index contributed by atoms with van der Waals surface area (Å²) in [4.78, 5) is 31.3. The first-order valence-electron chi connectivity index (χ1n) is 11.4. The number of benzene rings is 2. The van der Waals surface area contributed by atoms with E-state index in [9.17, 15) is 14.7 Å². The summed E-state index contributed by atoms with van der Waals surface area (Å²) >= 11 is 0. The largest absolute Gasteiger partial charge is 0.480 e. The first kappa shape index (κ1) is 22.6. The third kappa shape index (κ3) is 6.00. The van der Waals surface area contributed by atoms with E-state index in [-0.39, 0.29) is 18.2 Å². The zero-order chi connectivity index (χ0) is 23.2. The summed E-state index contributed by atoms with van der Waals surface area (Å²) < 4.78 is 1.92.